The van der Waals surface area contributed by atoms with Crippen molar-refractivity contribution in [2.24, 2.45) is 11.8 Å². The Hall–Kier alpha value is -2.52. The van der Waals surface area contributed by atoms with Crippen LogP contribution in [0.25, 0.3) is 0 Å². The highest BCUT2D eigenvalue weighted by atomic mass is 35.5. The summed E-state index contributed by atoms with van der Waals surface area (Å²) in [5.74, 6) is 0.693. The monoisotopic (exact) mass is 403 g/mol. The van der Waals surface area contributed by atoms with Crippen LogP contribution in [0.1, 0.15) is 57.8 Å². The first-order chi connectivity index (χ1) is 14.1. The summed E-state index contributed by atoms with van der Waals surface area (Å²) in [6.07, 6.45) is 11.2. The summed E-state index contributed by atoms with van der Waals surface area (Å²) >= 11 is 6.18. The van der Waals surface area contributed by atoms with Crippen LogP contribution in [-0.2, 0) is 0 Å². The van der Waals surface area contributed by atoms with Crippen molar-refractivity contribution in [2.45, 2.75) is 30.7 Å². The van der Waals surface area contributed by atoms with E-state index in [2.05, 4.69) is 41.3 Å². The lowest BCUT2D eigenvalue weighted by molar-refractivity contribution is 0.0696. The van der Waals surface area contributed by atoms with Gasteiger partial charge in [-0.25, -0.2) is 4.79 Å². The zero-order chi connectivity index (χ0) is 19.7. The second-order valence-corrected chi connectivity index (χ2v) is 9.20. The number of carbonyl (C=O) groups is 1. The molecule has 3 nitrogen and oxygen atoms in total. The Bertz CT molecular complexity index is 1050. The van der Waals surface area contributed by atoms with Crippen LogP contribution in [0.2, 0.25) is 5.02 Å². The number of anilines is 1. The van der Waals surface area contributed by atoms with Gasteiger partial charge in [0.25, 0.3) is 0 Å². The number of hydrogen-bond acceptors (Lipinski definition) is 2. The molecule has 0 aromatic heterocycles. The second kappa shape index (κ2) is 6.24. The molecule has 2 aliphatic carbocycles. The van der Waals surface area contributed by atoms with E-state index in [-0.39, 0.29) is 12.0 Å². The smallest absolute Gasteiger partial charge is 0.335 e. The van der Waals surface area contributed by atoms with Gasteiger partial charge in [-0.15, -0.1) is 0 Å². The number of allylic oxidation sites excluding steroid dienone is 4. The van der Waals surface area contributed by atoms with Crippen LogP contribution in [0.5, 0.6) is 0 Å². The van der Waals surface area contributed by atoms with Gasteiger partial charge in [0.15, 0.2) is 0 Å². The Labute approximate surface area is 175 Å². The van der Waals surface area contributed by atoms with Gasteiger partial charge in [-0.3, -0.25) is 0 Å². The van der Waals surface area contributed by atoms with E-state index in [4.69, 9.17) is 11.6 Å². The summed E-state index contributed by atoms with van der Waals surface area (Å²) in [5, 5.41) is 10.5. The summed E-state index contributed by atoms with van der Waals surface area (Å²) < 4.78 is 0. The van der Waals surface area contributed by atoms with Crippen LogP contribution < -0.4 is 4.90 Å². The molecule has 0 saturated heterocycles. The molecule has 2 heterocycles. The fourth-order valence-corrected chi connectivity index (χ4v) is 6.26. The molecule has 0 unspecified atom stereocenters. The zero-order valence-corrected chi connectivity index (χ0v) is 16.7. The van der Waals surface area contributed by atoms with Gasteiger partial charge in [-0.1, -0.05) is 48.0 Å². The van der Waals surface area contributed by atoms with Crippen LogP contribution in [0.3, 0.4) is 0 Å². The number of aromatic carboxylic acids is 1. The highest BCUT2D eigenvalue weighted by Gasteiger charge is 2.48. The fraction of sp³-hybridized carbons (Fsp3) is 0.320. The lowest BCUT2D eigenvalue weighted by atomic mass is 9.70. The van der Waals surface area contributed by atoms with Crippen molar-refractivity contribution in [3.05, 3.63) is 88.0 Å². The maximum atomic E-state index is 11.9. The van der Waals surface area contributed by atoms with Gasteiger partial charge >= 0.3 is 5.97 Å². The molecule has 0 fully saturated rings. The molecule has 2 aromatic rings. The van der Waals surface area contributed by atoms with Gasteiger partial charge in [0, 0.05) is 29.1 Å². The van der Waals surface area contributed by atoms with E-state index in [1.54, 1.807) is 0 Å². The van der Waals surface area contributed by atoms with Crippen molar-refractivity contribution >= 4 is 23.3 Å². The summed E-state index contributed by atoms with van der Waals surface area (Å²) in [7, 11) is 0. The summed E-state index contributed by atoms with van der Waals surface area (Å²) in [6, 6.07) is 12.5. The van der Waals surface area contributed by atoms with Crippen molar-refractivity contribution in [3.63, 3.8) is 0 Å². The quantitative estimate of drug-likeness (QED) is 0.631. The van der Waals surface area contributed by atoms with Gasteiger partial charge < -0.3 is 10.0 Å². The van der Waals surface area contributed by atoms with E-state index in [0.717, 1.165) is 24.4 Å². The van der Waals surface area contributed by atoms with Crippen molar-refractivity contribution in [1.29, 1.82) is 0 Å². The number of rotatable bonds is 2. The van der Waals surface area contributed by atoms with E-state index < -0.39 is 5.97 Å². The number of nitrogens with zero attached hydrogens (tertiary/aromatic N) is 1. The van der Waals surface area contributed by atoms with Gasteiger partial charge in [-0.2, -0.15) is 0 Å². The first-order valence-corrected chi connectivity index (χ1v) is 10.8. The van der Waals surface area contributed by atoms with Crippen molar-refractivity contribution in [1.82, 2.24) is 0 Å². The number of fused-ring (bicyclic) bond motifs is 4. The molecule has 2 aliphatic heterocycles. The topological polar surface area (TPSA) is 40.5 Å². The fourth-order valence-electron chi connectivity index (χ4n) is 6.14. The van der Waals surface area contributed by atoms with Crippen LogP contribution in [0.4, 0.5) is 5.69 Å². The third-order valence-electron chi connectivity index (χ3n) is 7.31. The van der Waals surface area contributed by atoms with E-state index >= 15 is 0 Å². The molecular weight excluding hydrogens is 382 g/mol. The minimum atomic E-state index is -0.835. The number of halogens is 1. The summed E-state index contributed by atoms with van der Waals surface area (Å²) in [5.41, 5.74) is 5.39. The first kappa shape index (κ1) is 17.3. The largest absolute Gasteiger partial charge is 0.478 e. The second-order valence-electron chi connectivity index (χ2n) is 8.76. The Morgan fingerprint density at radius 3 is 2.45 bits per heavy atom. The number of benzene rings is 2. The van der Waals surface area contributed by atoms with Crippen molar-refractivity contribution < 1.29 is 9.90 Å². The molecule has 29 heavy (non-hydrogen) atoms. The molecule has 0 radical (unpaired) electrons. The van der Waals surface area contributed by atoms with E-state index in [1.165, 1.54) is 22.4 Å². The van der Waals surface area contributed by atoms with E-state index in [0.29, 0.717) is 23.3 Å². The Morgan fingerprint density at radius 1 is 1.00 bits per heavy atom. The maximum Gasteiger partial charge on any atom is 0.335 e. The molecule has 4 heteroatoms. The predicted octanol–water partition coefficient (Wildman–Crippen LogP) is 5.93. The summed E-state index contributed by atoms with van der Waals surface area (Å²) in [6.45, 7) is 1.01. The van der Waals surface area contributed by atoms with Gasteiger partial charge in [-0.05, 0) is 65.6 Å². The first-order valence-electron chi connectivity index (χ1n) is 10.4. The predicted molar refractivity (Wildman–Crippen MR) is 115 cm³/mol. The maximum absolute atomic E-state index is 11.9. The Morgan fingerprint density at radius 2 is 1.69 bits per heavy atom. The van der Waals surface area contributed by atoms with Crippen LogP contribution in [0.15, 0.2) is 60.7 Å². The normalized spacial score (nSPS) is 30.8. The molecule has 146 valence electrons. The number of carboxylic acids is 1. The summed E-state index contributed by atoms with van der Waals surface area (Å²) in [4.78, 5) is 14.5. The molecule has 1 N–H and O–H groups in total. The molecular formula is C25H22ClNO2. The van der Waals surface area contributed by atoms with Crippen LogP contribution in [0, 0.1) is 11.8 Å². The van der Waals surface area contributed by atoms with Crippen molar-refractivity contribution in [3.8, 4) is 0 Å². The Balaban J connectivity index is 1.59. The highest BCUT2D eigenvalue weighted by Crippen LogP contribution is 2.58. The lowest BCUT2D eigenvalue weighted by Crippen LogP contribution is -2.46. The molecule has 0 saturated carbocycles. The average Bonchev–Trinajstić information content (AvgIpc) is 3.38. The number of carboxylic acid groups (broad SMARTS) is 1. The van der Waals surface area contributed by atoms with E-state index in [9.17, 15) is 9.90 Å². The molecule has 6 rings (SSSR count). The molecule has 2 aromatic carbocycles. The van der Waals surface area contributed by atoms with Gasteiger partial charge in [0.1, 0.15) is 0 Å². The average molecular weight is 404 g/mol. The molecule has 5 atom stereocenters. The number of hydrogen-bond donors (Lipinski definition) is 1. The van der Waals surface area contributed by atoms with Crippen LogP contribution >= 0.6 is 11.6 Å². The van der Waals surface area contributed by atoms with Gasteiger partial charge in [0.05, 0.1) is 11.6 Å². The standard InChI is InChI=1S/C25H22ClNO2/c26-17-9-7-14(8-10-17)23-20-6-2-5-19(20)22-12-16(25(28)29)11-21-18-4-1-3-15(18)13-27(23)24(21)22/h1-2,4-5,7-12,15,18-20,23H,3,6,13H2,(H,28,29)/t15-,18+,19+,20-,23-/m1/s1. The van der Waals surface area contributed by atoms with Crippen molar-refractivity contribution in [2.75, 3.05) is 11.4 Å². The Kier molecular flexibility index (Phi) is 3.73. The molecule has 0 bridgehead atoms. The SMILES string of the molecule is O=C(O)c1cc2c3c(c1)[C@H]1C=CC[C@H]1[C@@H](c1ccc(Cl)cc1)N3C[C@H]1CC=C[C@H]21. The minimum Gasteiger partial charge on any atom is -0.478 e. The third kappa shape index (κ3) is 2.47. The van der Waals surface area contributed by atoms with Gasteiger partial charge in [0.2, 0.25) is 0 Å². The molecule has 0 amide bonds. The minimum absolute atomic E-state index is 0.266. The molecule has 0 spiro atoms. The third-order valence-corrected chi connectivity index (χ3v) is 7.56. The van der Waals surface area contributed by atoms with Crippen LogP contribution in [-0.4, -0.2) is 17.6 Å². The molecule has 4 aliphatic rings. The van der Waals surface area contributed by atoms with E-state index in [1.807, 2.05) is 24.3 Å². The lowest BCUT2D eigenvalue weighted by Gasteiger charge is -2.51. The highest BCUT2D eigenvalue weighted by molar-refractivity contribution is 6.30. The zero-order valence-electron chi connectivity index (χ0n) is 16.0.